The topological polar surface area (TPSA) is 40.5 Å². The van der Waals surface area contributed by atoms with E-state index in [1.165, 1.54) is 0 Å². The molecule has 0 aromatic carbocycles. The lowest BCUT2D eigenvalue weighted by Crippen LogP contribution is -2.38. The molecule has 104 valence electrons. The second-order valence-electron chi connectivity index (χ2n) is 4.32. The number of hydrazone groups is 1. The van der Waals surface area contributed by atoms with Gasteiger partial charge in [-0.25, -0.2) is 0 Å². The molecule has 0 atom stereocenters. The molecule has 0 aliphatic rings. The predicted octanol–water partition coefficient (Wildman–Crippen LogP) is 2.80. The maximum atomic E-state index is 5.36. The largest absolute Gasteiger partial charge is 0.348 e. The third-order valence-electron chi connectivity index (χ3n) is 2.63. The average molecular weight is 278 g/mol. The Morgan fingerprint density at radius 1 is 1.32 bits per heavy atom. The lowest BCUT2D eigenvalue weighted by Gasteiger charge is -2.23. The first-order valence-corrected chi connectivity index (χ1v) is 7.10. The quantitative estimate of drug-likeness (QED) is 0.493. The van der Waals surface area contributed by atoms with Crippen molar-refractivity contribution in [3.05, 3.63) is 30.1 Å². The molecule has 1 rings (SSSR count). The van der Waals surface area contributed by atoms with Gasteiger partial charge >= 0.3 is 0 Å². The Hall–Kier alpha value is -1.49. The van der Waals surface area contributed by atoms with E-state index in [0.717, 1.165) is 37.3 Å². The van der Waals surface area contributed by atoms with Gasteiger partial charge in [-0.2, -0.15) is 5.10 Å². The molecule has 0 aliphatic carbocycles. The highest BCUT2D eigenvalue weighted by molar-refractivity contribution is 7.80. The highest BCUT2D eigenvalue weighted by Gasteiger charge is 2.06. The summed E-state index contributed by atoms with van der Waals surface area (Å²) in [6.45, 7) is 8.12. The van der Waals surface area contributed by atoms with Crippen molar-refractivity contribution in [2.45, 2.75) is 33.6 Å². The molecule has 0 aliphatic heterocycles. The van der Waals surface area contributed by atoms with Crippen LogP contribution >= 0.6 is 12.2 Å². The summed E-state index contributed by atoms with van der Waals surface area (Å²) in [6.07, 6.45) is 3.91. The minimum absolute atomic E-state index is 0.680. The van der Waals surface area contributed by atoms with Crippen molar-refractivity contribution in [3.63, 3.8) is 0 Å². The van der Waals surface area contributed by atoms with Crippen LogP contribution in [0.1, 0.15) is 39.3 Å². The van der Waals surface area contributed by atoms with Crippen LogP contribution in [0.5, 0.6) is 0 Å². The van der Waals surface area contributed by atoms with Crippen LogP contribution in [-0.2, 0) is 0 Å². The van der Waals surface area contributed by atoms with Gasteiger partial charge in [-0.05, 0) is 44.1 Å². The molecule has 1 N–H and O–H groups in total. The maximum Gasteiger partial charge on any atom is 0.189 e. The number of pyridine rings is 1. The summed E-state index contributed by atoms with van der Waals surface area (Å²) in [4.78, 5) is 6.39. The van der Waals surface area contributed by atoms with Crippen LogP contribution in [-0.4, -0.2) is 33.8 Å². The molecule has 0 saturated carbocycles. The van der Waals surface area contributed by atoms with Crippen molar-refractivity contribution >= 4 is 23.0 Å². The van der Waals surface area contributed by atoms with Gasteiger partial charge in [0, 0.05) is 19.3 Å². The van der Waals surface area contributed by atoms with Crippen molar-refractivity contribution in [3.8, 4) is 0 Å². The summed E-state index contributed by atoms with van der Waals surface area (Å²) in [5.41, 5.74) is 4.64. The molecular formula is C14H22N4S. The fourth-order valence-electron chi connectivity index (χ4n) is 1.69. The number of aromatic nitrogens is 1. The van der Waals surface area contributed by atoms with E-state index in [-0.39, 0.29) is 0 Å². The van der Waals surface area contributed by atoms with E-state index in [1.807, 2.05) is 25.1 Å². The van der Waals surface area contributed by atoms with Gasteiger partial charge in [0.25, 0.3) is 0 Å². The number of rotatable bonds is 6. The molecule has 0 saturated heterocycles. The fourth-order valence-corrected chi connectivity index (χ4v) is 1.92. The van der Waals surface area contributed by atoms with Gasteiger partial charge < -0.3 is 4.90 Å². The maximum absolute atomic E-state index is 5.36. The Kier molecular flexibility index (Phi) is 7.03. The zero-order valence-electron chi connectivity index (χ0n) is 11.9. The number of nitrogens with one attached hydrogen (secondary N) is 1. The lowest BCUT2D eigenvalue weighted by atomic mass is 10.3. The zero-order valence-corrected chi connectivity index (χ0v) is 12.7. The second kappa shape index (κ2) is 8.58. The van der Waals surface area contributed by atoms with Crippen molar-refractivity contribution in [1.29, 1.82) is 0 Å². The van der Waals surface area contributed by atoms with E-state index < -0.39 is 0 Å². The Bertz CT molecular complexity index is 411. The Labute approximate surface area is 120 Å². The molecule has 0 radical (unpaired) electrons. The van der Waals surface area contributed by atoms with Gasteiger partial charge in [0.2, 0.25) is 0 Å². The molecule has 0 unspecified atom stereocenters. The van der Waals surface area contributed by atoms with Crippen molar-refractivity contribution in [2.75, 3.05) is 13.1 Å². The number of hydrogen-bond donors (Lipinski definition) is 1. The summed E-state index contributed by atoms with van der Waals surface area (Å²) in [5, 5.41) is 4.98. The summed E-state index contributed by atoms with van der Waals surface area (Å²) in [7, 11) is 0. The first-order valence-electron chi connectivity index (χ1n) is 6.69. The molecule has 1 aromatic heterocycles. The Morgan fingerprint density at radius 3 is 2.53 bits per heavy atom. The zero-order chi connectivity index (χ0) is 14.1. The summed E-state index contributed by atoms with van der Waals surface area (Å²) in [6, 6.07) is 5.76. The van der Waals surface area contributed by atoms with Crippen molar-refractivity contribution in [1.82, 2.24) is 15.3 Å². The minimum Gasteiger partial charge on any atom is -0.348 e. The fraction of sp³-hybridized carbons (Fsp3) is 0.500. The van der Waals surface area contributed by atoms with E-state index >= 15 is 0 Å². The summed E-state index contributed by atoms with van der Waals surface area (Å²) >= 11 is 5.36. The number of nitrogens with zero attached hydrogens (tertiary/aromatic N) is 3. The molecule has 0 amide bonds. The normalized spacial score (nSPS) is 11.2. The SMILES string of the molecule is CCCN(CCC)C(=S)N/N=C(/C)c1ccccn1. The van der Waals surface area contributed by atoms with Gasteiger partial charge in [-0.15, -0.1) is 0 Å². The minimum atomic E-state index is 0.680. The first kappa shape index (κ1) is 15.6. The monoisotopic (exact) mass is 278 g/mol. The van der Waals surface area contributed by atoms with Crippen LogP contribution in [0.3, 0.4) is 0 Å². The van der Waals surface area contributed by atoms with Crippen LogP contribution in [0.4, 0.5) is 0 Å². The standard InChI is InChI=1S/C14H22N4S/c1-4-10-18(11-5-2)14(19)17-16-12(3)13-8-6-7-9-15-13/h6-9H,4-5,10-11H2,1-3H3,(H,17,19)/b16-12-. The van der Waals surface area contributed by atoms with Crippen LogP contribution in [0.25, 0.3) is 0 Å². The molecule has 1 heterocycles. The molecular weight excluding hydrogens is 256 g/mol. The predicted molar refractivity (Wildman–Crippen MR) is 84.3 cm³/mol. The van der Waals surface area contributed by atoms with Gasteiger partial charge in [0.1, 0.15) is 0 Å². The summed E-state index contributed by atoms with van der Waals surface area (Å²) in [5.74, 6) is 0. The molecule has 0 spiro atoms. The molecule has 0 bridgehead atoms. The van der Waals surface area contributed by atoms with E-state index in [2.05, 4.69) is 34.3 Å². The molecule has 0 fully saturated rings. The van der Waals surface area contributed by atoms with E-state index in [0.29, 0.717) is 5.11 Å². The van der Waals surface area contributed by atoms with Gasteiger partial charge in [0.15, 0.2) is 5.11 Å². The first-order chi connectivity index (χ1) is 9.19. The average Bonchev–Trinajstić information content (AvgIpc) is 2.45. The van der Waals surface area contributed by atoms with Gasteiger partial charge in [-0.1, -0.05) is 19.9 Å². The molecule has 19 heavy (non-hydrogen) atoms. The summed E-state index contributed by atoms with van der Waals surface area (Å²) < 4.78 is 0. The Balaban J connectivity index is 2.61. The molecule has 5 heteroatoms. The van der Waals surface area contributed by atoms with Crippen LogP contribution in [0.2, 0.25) is 0 Å². The lowest BCUT2D eigenvalue weighted by molar-refractivity contribution is 0.411. The smallest absolute Gasteiger partial charge is 0.189 e. The van der Waals surface area contributed by atoms with E-state index in [1.54, 1.807) is 6.20 Å². The van der Waals surface area contributed by atoms with Crippen molar-refractivity contribution < 1.29 is 0 Å². The number of hydrogen-bond acceptors (Lipinski definition) is 3. The van der Waals surface area contributed by atoms with Crippen LogP contribution < -0.4 is 5.43 Å². The third-order valence-corrected chi connectivity index (χ3v) is 2.98. The van der Waals surface area contributed by atoms with Crippen molar-refractivity contribution in [2.24, 2.45) is 5.10 Å². The van der Waals surface area contributed by atoms with E-state index in [9.17, 15) is 0 Å². The van der Waals surface area contributed by atoms with Crippen LogP contribution in [0.15, 0.2) is 29.5 Å². The second-order valence-corrected chi connectivity index (χ2v) is 4.70. The molecule has 4 nitrogen and oxygen atoms in total. The highest BCUT2D eigenvalue weighted by atomic mass is 32.1. The Morgan fingerprint density at radius 2 is 2.00 bits per heavy atom. The van der Waals surface area contributed by atoms with Crippen LogP contribution in [0, 0.1) is 0 Å². The van der Waals surface area contributed by atoms with Gasteiger partial charge in [0.05, 0.1) is 11.4 Å². The number of thiocarbonyl (C=S) groups is 1. The highest BCUT2D eigenvalue weighted by Crippen LogP contribution is 1.98. The molecule has 1 aromatic rings. The third kappa shape index (κ3) is 5.34. The van der Waals surface area contributed by atoms with E-state index in [4.69, 9.17) is 12.2 Å². The van der Waals surface area contributed by atoms with Gasteiger partial charge in [-0.3, -0.25) is 10.4 Å².